The van der Waals surface area contributed by atoms with Crippen molar-refractivity contribution in [2.75, 3.05) is 6.54 Å². The number of hydrogen-bond acceptors (Lipinski definition) is 7. The minimum Gasteiger partial charge on any atom is -0.459 e. The highest BCUT2D eigenvalue weighted by atomic mass is 32.2. The highest BCUT2D eigenvalue weighted by Crippen LogP contribution is 2.13. The largest absolute Gasteiger partial charge is 0.459 e. The van der Waals surface area contributed by atoms with Gasteiger partial charge in [-0.25, -0.2) is 13.1 Å². The SMILES string of the molecule is CCCCCCCCCC(=O)OCc1ccc(C(=O)NS(=O)(=O)c2ccc(C(=O)NCCc3ccccc3)cc2)cn1. The first-order chi connectivity index (χ1) is 20.3. The van der Waals surface area contributed by atoms with Crippen LogP contribution in [0.1, 0.15) is 90.3 Å². The molecule has 0 aliphatic heterocycles. The van der Waals surface area contributed by atoms with E-state index in [1.807, 2.05) is 35.1 Å². The fraction of sp³-hybridized carbons (Fsp3) is 0.375. The number of nitrogens with one attached hydrogen (secondary N) is 2. The van der Waals surface area contributed by atoms with Crippen molar-refractivity contribution in [2.24, 2.45) is 0 Å². The van der Waals surface area contributed by atoms with E-state index in [-0.39, 0.29) is 28.9 Å². The smallest absolute Gasteiger partial charge is 0.306 e. The van der Waals surface area contributed by atoms with Crippen LogP contribution in [0.2, 0.25) is 0 Å². The van der Waals surface area contributed by atoms with Crippen molar-refractivity contribution in [3.8, 4) is 0 Å². The summed E-state index contributed by atoms with van der Waals surface area (Å²) in [6, 6.07) is 18.0. The molecular weight excluding hydrogens is 554 g/mol. The number of carbonyl (C=O) groups is 3. The van der Waals surface area contributed by atoms with Crippen LogP contribution < -0.4 is 10.0 Å². The quantitative estimate of drug-likeness (QED) is 0.159. The number of unbranched alkanes of at least 4 members (excludes halogenated alkanes) is 6. The molecule has 0 aliphatic rings. The Morgan fingerprint density at radius 2 is 1.45 bits per heavy atom. The zero-order valence-corrected chi connectivity index (χ0v) is 24.8. The van der Waals surface area contributed by atoms with Gasteiger partial charge in [-0.15, -0.1) is 0 Å². The summed E-state index contributed by atoms with van der Waals surface area (Å²) < 4.78 is 32.7. The monoisotopic (exact) mass is 593 g/mol. The second-order valence-corrected chi connectivity index (χ2v) is 11.7. The van der Waals surface area contributed by atoms with E-state index in [9.17, 15) is 22.8 Å². The molecule has 0 saturated carbocycles. The average molecular weight is 594 g/mol. The van der Waals surface area contributed by atoms with Gasteiger partial charge in [-0.1, -0.05) is 75.8 Å². The van der Waals surface area contributed by atoms with Crippen LogP contribution in [0.25, 0.3) is 0 Å². The zero-order valence-electron chi connectivity index (χ0n) is 24.0. The fourth-order valence-electron chi connectivity index (χ4n) is 4.19. The van der Waals surface area contributed by atoms with Gasteiger partial charge in [0.25, 0.3) is 21.8 Å². The van der Waals surface area contributed by atoms with Gasteiger partial charge < -0.3 is 10.1 Å². The number of amides is 2. The highest BCUT2D eigenvalue weighted by Gasteiger charge is 2.20. The molecule has 3 rings (SSSR count). The van der Waals surface area contributed by atoms with E-state index in [1.54, 1.807) is 0 Å². The molecule has 1 aromatic heterocycles. The number of hydrogen-bond donors (Lipinski definition) is 2. The molecule has 1 heterocycles. The summed E-state index contributed by atoms with van der Waals surface area (Å²) in [5.41, 5.74) is 1.87. The van der Waals surface area contributed by atoms with E-state index in [4.69, 9.17) is 4.74 Å². The number of nitrogens with zero attached hydrogens (tertiary/aromatic N) is 1. The highest BCUT2D eigenvalue weighted by molar-refractivity contribution is 7.90. The Bertz CT molecular complexity index is 1390. The number of benzene rings is 2. The van der Waals surface area contributed by atoms with E-state index in [0.29, 0.717) is 30.6 Å². The predicted molar refractivity (Wildman–Crippen MR) is 160 cm³/mol. The summed E-state index contributed by atoms with van der Waals surface area (Å²) in [7, 11) is -4.18. The van der Waals surface area contributed by atoms with Gasteiger partial charge in [0, 0.05) is 24.7 Å². The Kier molecular flexibility index (Phi) is 13.2. The number of rotatable bonds is 17. The lowest BCUT2D eigenvalue weighted by molar-refractivity contribution is -0.145. The third kappa shape index (κ3) is 11.1. The summed E-state index contributed by atoms with van der Waals surface area (Å²) in [6.45, 7) is 2.59. The normalized spacial score (nSPS) is 11.1. The van der Waals surface area contributed by atoms with Gasteiger partial charge in [0.1, 0.15) is 6.61 Å². The molecule has 42 heavy (non-hydrogen) atoms. The Morgan fingerprint density at radius 1 is 0.786 bits per heavy atom. The maximum absolute atomic E-state index is 12.7. The van der Waals surface area contributed by atoms with Crippen molar-refractivity contribution in [3.63, 3.8) is 0 Å². The summed E-state index contributed by atoms with van der Waals surface area (Å²) in [5.74, 6) is -1.48. The third-order valence-electron chi connectivity index (χ3n) is 6.65. The molecule has 9 nitrogen and oxygen atoms in total. The molecular formula is C32H39N3O6S. The van der Waals surface area contributed by atoms with E-state index < -0.39 is 15.9 Å². The van der Waals surface area contributed by atoms with Crippen molar-refractivity contribution in [1.29, 1.82) is 0 Å². The van der Waals surface area contributed by atoms with Crippen LogP contribution in [0, 0.1) is 0 Å². The number of ether oxygens (including phenoxy) is 1. The summed E-state index contributed by atoms with van der Waals surface area (Å²) in [5, 5.41) is 2.81. The zero-order chi connectivity index (χ0) is 30.2. The molecule has 2 amide bonds. The van der Waals surface area contributed by atoms with E-state index in [1.165, 1.54) is 68.3 Å². The Labute approximate surface area is 248 Å². The molecule has 0 fully saturated rings. The number of sulfonamides is 1. The molecule has 0 saturated heterocycles. The average Bonchev–Trinajstić information content (AvgIpc) is 3.00. The number of esters is 1. The van der Waals surface area contributed by atoms with Crippen LogP contribution in [0.5, 0.6) is 0 Å². The summed E-state index contributed by atoms with van der Waals surface area (Å²) >= 11 is 0. The lowest BCUT2D eigenvalue weighted by Crippen LogP contribution is -2.31. The first-order valence-corrected chi connectivity index (χ1v) is 15.9. The van der Waals surface area contributed by atoms with Crippen molar-refractivity contribution < 1.29 is 27.5 Å². The summed E-state index contributed by atoms with van der Waals surface area (Å²) in [4.78, 5) is 40.9. The van der Waals surface area contributed by atoms with Gasteiger partial charge in [0.2, 0.25) is 0 Å². The number of pyridine rings is 1. The van der Waals surface area contributed by atoms with Crippen LogP contribution in [0.4, 0.5) is 0 Å². The van der Waals surface area contributed by atoms with Crippen LogP contribution in [-0.4, -0.2) is 37.7 Å². The van der Waals surface area contributed by atoms with Crippen molar-refractivity contribution >= 4 is 27.8 Å². The topological polar surface area (TPSA) is 132 Å². The molecule has 0 aliphatic carbocycles. The van der Waals surface area contributed by atoms with Gasteiger partial charge in [-0.05, 0) is 54.8 Å². The van der Waals surface area contributed by atoms with Crippen molar-refractivity contribution in [3.05, 3.63) is 95.3 Å². The lowest BCUT2D eigenvalue weighted by atomic mass is 10.1. The molecule has 2 N–H and O–H groups in total. The molecule has 2 aromatic carbocycles. The lowest BCUT2D eigenvalue weighted by Gasteiger charge is -2.09. The molecule has 0 unspecified atom stereocenters. The molecule has 3 aromatic rings. The molecule has 224 valence electrons. The van der Waals surface area contributed by atoms with Gasteiger partial charge in [-0.3, -0.25) is 19.4 Å². The molecule has 0 radical (unpaired) electrons. The first kappa shape index (κ1) is 32.5. The van der Waals surface area contributed by atoms with Gasteiger partial charge in [0.05, 0.1) is 16.2 Å². The predicted octanol–water partition coefficient (Wildman–Crippen LogP) is 5.36. The van der Waals surface area contributed by atoms with Gasteiger partial charge in [-0.2, -0.15) is 0 Å². The third-order valence-corrected chi connectivity index (χ3v) is 8.00. The summed E-state index contributed by atoms with van der Waals surface area (Å²) in [6.07, 6.45) is 10.0. The van der Waals surface area contributed by atoms with Crippen LogP contribution >= 0.6 is 0 Å². The number of carbonyl (C=O) groups excluding carboxylic acids is 3. The second-order valence-electron chi connectivity index (χ2n) is 10.0. The van der Waals surface area contributed by atoms with Crippen LogP contribution in [-0.2, 0) is 32.6 Å². The van der Waals surface area contributed by atoms with E-state index in [0.717, 1.165) is 24.8 Å². The molecule has 0 bridgehead atoms. The maximum Gasteiger partial charge on any atom is 0.306 e. The second kappa shape index (κ2) is 17.0. The Balaban J connectivity index is 1.42. The molecule has 0 spiro atoms. The first-order valence-electron chi connectivity index (χ1n) is 14.4. The van der Waals surface area contributed by atoms with Crippen molar-refractivity contribution in [2.45, 2.75) is 76.2 Å². The van der Waals surface area contributed by atoms with Crippen LogP contribution in [0.3, 0.4) is 0 Å². The molecule has 0 atom stereocenters. The fourth-order valence-corrected chi connectivity index (χ4v) is 5.16. The standard InChI is InChI=1S/C32H39N3O6S/c1-2-3-4-5-6-7-11-14-30(36)41-24-28-18-15-27(23-34-28)32(38)35-42(39,40)29-19-16-26(17-20-29)31(37)33-22-21-25-12-9-8-10-13-25/h8-10,12-13,15-20,23H,2-7,11,14,21-22,24H2,1H3,(H,33,37)(H,35,38). The number of aromatic nitrogens is 1. The maximum atomic E-state index is 12.7. The minimum absolute atomic E-state index is 0.0261. The van der Waals surface area contributed by atoms with Gasteiger partial charge >= 0.3 is 5.97 Å². The minimum atomic E-state index is -4.18. The van der Waals surface area contributed by atoms with E-state index in [2.05, 4.69) is 17.2 Å². The Hall–Kier alpha value is -4.05. The van der Waals surface area contributed by atoms with Gasteiger partial charge in [0.15, 0.2) is 0 Å². The van der Waals surface area contributed by atoms with Crippen molar-refractivity contribution in [1.82, 2.24) is 15.0 Å². The van der Waals surface area contributed by atoms with E-state index >= 15 is 0 Å². The van der Waals surface area contributed by atoms with Crippen LogP contribution in [0.15, 0.2) is 77.8 Å². The Morgan fingerprint density at radius 3 is 2.12 bits per heavy atom. The molecule has 10 heteroatoms.